The second-order valence-electron chi connectivity index (χ2n) is 26.0. The molecule has 2 nitrogen and oxygen atoms in total. The predicted molar refractivity (Wildman–Crippen MR) is 281 cm³/mol. The smallest absolute Gasteiger partial charge is 0.264 e. The molecule has 2 saturated carbocycles. The maximum Gasteiger partial charge on any atom is 0.264 e. The van der Waals surface area contributed by atoms with Gasteiger partial charge in [0.05, 0.1) is 5.69 Å². The summed E-state index contributed by atoms with van der Waals surface area (Å²) in [5.74, 6) is 0. The van der Waals surface area contributed by atoms with Crippen LogP contribution in [0.15, 0.2) is 78.9 Å². The van der Waals surface area contributed by atoms with Crippen molar-refractivity contribution in [2.75, 3.05) is 9.80 Å². The Labute approximate surface area is 394 Å². The number of fused-ring (bicyclic) bond motifs is 11. The SMILES string of the molecule is Cc1cc2c3c(c1)N(c1ccc4c(c1)C(C)(C)CCC4(C)C)c1c(sc4cc5c(cc14)C1(C)CCC5(C)CC1)B3c1cc3c(cc1N2c1ccc(C(C)(C)C)cc1)C1(C)CCC3(C)CC1. The van der Waals surface area contributed by atoms with Gasteiger partial charge in [-0.25, -0.2) is 0 Å². The Bertz CT molecular complexity index is 3060. The summed E-state index contributed by atoms with van der Waals surface area (Å²) in [6.45, 7) is 29.8. The third-order valence-electron chi connectivity index (χ3n) is 19.7. The van der Waals surface area contributed by atoms with E-state index in [1.54, 1.807) is 22.3 Å². The van der Waals surface area contributed by atoms with Gasteiger partial charge in [-0.2, -0.15) is 0 Å². The zero-order valence-electron chi connectivity index (χ0n) is 41.5. The minimum atomic E-state index is 0.0819. The number of aryl methyl sites for hydroxylation is 1. The van der Waals surface area contributed by atoms with Gasteiger partial charge in [0.25, 0.3) is 6.71 Å². The molecule has 5 aromatic carbocycles. The average Bonchev–Trinajstić information content (AvgIpc) is 3.64. The molecular weight excluding hydrogens is 804 g/mol. The topological polar surface area (TPSA) is 6.48 Å². The van der Waals surface area contributed by atoms with Gasteiger partial charge in [-0.15, -0.1) is 11.3 Å². The van der Waals surface area contributed by atoms with Crippen LogP contribution in [0.25, 0.3) is 10.1 Å². The van der Waals surface area contributed by atoms with Crippen molar-refractivity contribution >= 4 is 78.0 Å². The Hall–Kier alpha value is -4.28. The summed E-state index contributed by atoms with van der Waals surface area (Å²) < 4.78 is 3.00. The second kappa shape index (κ2) is 12.6. The predicted octanol–water partition coefficient (Wildman–Crippen LogP) is 15.1. The van der Waals surface area contributed by atoms with Crippen LogP contribution in [0.4, 0.5) is 34.1 Å². The van der Waals surface area contributed by atoms with Gasteiger partial charge in [0.1, 0.15) is 0 Å². The molecule has 2 aliphatic heterocycles. The standard InChI is InChI=1S/C61H69BN2S/c1-36-29-49-52-50(30-36)64(39-17-18-41-42(31-39)57(7,8)20-19-56(41,5)6)53-40-32-43-46(61(12)27-21-58(43,9)22-28-61)35-51(40)65-54(53)62(52)47-33-44-45(60(11)25-23-59(44,10)24-26-60)34-48(47)63(49)38-15-13-37(14-16-38)55(2,3)4/h13-18,29-35H,19-28H2,1-12H3. The molecule has 0 unspecified atom stereocenters. The molecule has 1 aromatic heterocycles. The Morgan fingerprint density at radius 1 is 0.492 bits per heavy atom. The lowest BCUT2D eigenvalue weighted by molar-refractivity contribution is 0.188. The number of anilines is 6. The van der Waals surface area contributed by atoms with Crippen molar-refractivity contribution in [1.82, 2.24) is 0 Å². The first-order chi connectivity index (χ1) is 30.6. The van der Waals surface area contributed by atoms with Gasteiger partial charge in [-0.3, -0.25) is 0 Å². The van der Waals surface area contributed by atoms with Crippen LogP contribution >= 0.6 is 11.3 Å². The summed E-state index contributed by atoms with van der Waals surface area (Å²) in [5, 5.41) is 1.46. The van der Waals surface area contributed by atoms with Gasteiger partial charge in [0.2, 0.25) is 0 Å². The molecule has 65 heavy (non-hydrogen) atoms. The first kappa shape index (κ1) is 41.0. The maximum absolute atomic E-state index is 2.78. The van der Waals surface area contributed by atoms with Gasteiger partial charge >= 0.3 is 0 Å². The van der Waals surface area contributed by atoms with Crippen molar-refractivity contribution in [3.63, 3.8) is 0 Å². The number of hydrogen-bond acceptors (Lipinski definition) is 3. The van der Waals surface area contributed by atoms with E-state index in [0.29, 0.717) is 0 Å². The summed E-state index contributed by atoms with van der Waals surface area (Å²) in [4.78, 5) is 5.48. The molecule has 0 atom stereocenters. The zero-order chi connectivity index (χ0) is 45.2. The maximum atomic E-state index is 2.78. The van der Waals surface area contributed by atoms with E-state index >= 15 is 0 Å². The van der Waals surface area contributed by atoms with E-state index in [4.69, 9.17) is 0 Å². The van der Waals surface area contributed by atoms with E-state index in [1.165, 1.54) is 146 Å². The molecule has 2 fully saturated rings. The normalized spacial score (nSPS) is 28.4. The van der Waals surface area contributed by atoms with E-state index in [-0.39, 0.29) is 44.6 Å². The van der Waals surface area contributed by atoms with Crippen LogP contribution < -0.4 is 25.5 Å². The monoisotopic (exact) mass is 873 g/mol. The van der Waals surface area contributed by atoms with Crippen molar-refractivity contribution in [2.45, 2.75) is 185 Å². The first-order valence-corrected chi connectivity index (χ1v) is 26.2. The van der Waals surface area contributed by atoms with Gasteiger partial charge in [0.15, 0.2) is 0 Å². The fourth-order valence-electron chi connectivity index (χ4n) is 14.9. The molecule has 3 heterocycles. The van der Waals surface area contributed by atoms with Crippen LogP contribution in [0.5, 0.6) is 0 Å². The second-order valence-corrected chi connectivity index (χ2v) is 27.1. The van der Waals surface area contributed by atoms with Gasteiger partial charge in [-0.1, -0.05) is 100 Å². The van der Waals surface area contributed by atoms with Crippen molar-refractivity contribution < 1.29 is 0 Å². The molecule has 0 N–H and O–H groups in total. The highest BCUT2D eigenvalue weighted by atomic mass is 32.1. The lowest BCUT2D eigenvalue weighted by atomic mass is 9.35. The number of hydrogen-bond donors (Lipinski definition) is 0. The van der Waals surface area contributed by atoms with Crippen LogP contribution in [-0.4, -0.2) is 6.71 Å². The molecule has 4 heteroatoms. The molecule has 0 saturated heterocycles. The molecular formula is C61H69BN2S. The van der Waals surface area contributed by atoms with E-state index in [0.717, 1.165) is 0 Å². The summed E-state index contributed by atoms with van der Waals surface area (Å²) >= 11 is 2.12. The van der Waals surface area contributed by atoms with E-state index < -0.39 is 0 Å². The Kier molecular flexibility index (Phi) is 7.96. The highest BCUT2D eigenvalue weighted by Crippen LogP contribution is 2.61. The van der Waals surface area contributed by atoms with E-state index in [1.807, 2.05) is 0 Å². The van der Waals surface area contributed by atoms with Crippen molar-refractivity contribution in [2.24, 2.45) is 0 Å². The number of rotatable bonds is 2. The molecule has 332 valence electrons. The molecule has 7 aliphatic carbocycles. The molecule has 0 amide bonds. The van der Waals surface area contributed by atoms with Crippen LogP contribution in [0.1, 0.15) is 185 Å². The van der Waals surface area contributed by atoms with Crippen molar-refractivity contribution in [3.05, 3.63) is 123 Å². The minimum absolute atomic E-state index is 0.0819. The number of nitrogens with zero attached hydrogens (tertiary/aromatic N) is 2. The fraction of sp³-hybridized carbons (Fsp3) is 0.475. The first-order valence-electron chi connectivity index (χ1n) is 25.4. The minimum Gasteiger partial charge on any atom is -0.311 e. The van der Waals surface area contributed by atoms with E-state index in [9.17, 15) is 0 Å². The largest absolute Gasteiger partial charge is 0.311 e. The highest BCUT2D eigenvalue weighted by Gasteiger charge is 2.53. The van der Waals surface area contributed by atoms with Gasteiger partial charge in [-0.05, 0) is 219 Å². The molecule has 6 aromatic rings. The van der Waals surface area contributed by atoms with Crippen LogP contribution in [0.3, 0.4) is 0 Å². The van der Waals surface area contributed by atoms with E-state index in [2.05, 4.69) is 183 Å². The third kappa shape index (κ3) is 5.41. The summed E-state index contributed by atoms with van der Waals surface area (Å²) in [5.41, 5.74) is 24.6. The highest BCUT2D eigenvalue weighted by molar-refractivity contribution is 7.33. The lowest BCUT2D eigenvalue weighted by Crippen LogP contribution is -2.61. The quantitative estimate of drug-likeness (QED) is 0.160. The molecule has 0 radical (unpaired) electrons. The number of thiophene rings is 1. The third-order valence-corrected chi connectivity index (χ3v) is 20.9. The molecule has 15 rings (SSSR count). The molecule has 0 spiro atoms. The Morgan fingerprint density at radius 2 is 1.00 bits per heavy atom. The summed E-state index contributed by atoms with van der Waals surface area (Å²) in [6.07, 6.45) is 12.8. The zero-order valence-corrected chi connectivity index (χ0v) is 42.3. The lowest BCUT2D eigenvalue weighted by Gasteiger charge is -2.53. The summed E-state index contributed by atoms with van der Waals surface area (Å²) in [7, 11) is 0. The fourth-order valence-corrected chi connectivity index (χ4v) is 16.2. The van der Waals surface area contributed by atoms with Crippen LogP contribution in [-0.2, 0) is 37.9 Å². The van der Waals surface area contributed by atoms with Gasteiger partial charge in [0, 0.05) is 43.3 Å². The Balaban J connectivity index is 1.14. The summed E-state index contributed by atoms with van der Waals surface area (Å²) in [6, 6.07) is 33.3. The number of benzene rings is 5. The molecule has 9 aliphatic rings. The van der Waals surface area contributed by atoms with Crippen LogP contribution in [0, 0.1) is 6.92 Å². The van der Waals surface area contributed by atoms with Crippen LogP contribution in [0.2, 0.25) is 0 Å². The molecule has 4 bridgehead atoms. The Morgan fingerprint density at radius 3 is 1.58 bits per heavy atom. The van der Waals surface area contributed by atoms with Crippen molar-refractivity contribution in [1.29, 1.82) is 0 Å². The van der Waals surface area contributed by atoms with Crippen molar-refractivity contribution in [3.8, 4) is 0 Å². The van der Waals surface area contributed by atoms with Gasteiger partial charge < -0.3 is 9.80 Å². The average molecular weight is 873 g/mol.